The van der Waals surface area contributed by atoms with Crippen LogP contribution < -0.4 is 0 Å². The summed E-state index contributed by atoms with van der Waals surface area (Å²) in [4.78, 5) is 0. The molecule has 0 bridgehead atoms. The van der Waals surface area contributed by atoms with Crippen molar-refractivity contribution in [3.05, 3.63) is 6.92 Å². The van der Waals surface area contributed by atoms with Gasteiger partial charge in [-0.25, -0.2) is 0 Å². The molecule has 0 rings (SSSR count). The normalized spacial score (nSPS) is 18.0. The lowest BCUT2D eigenvalue weighted by Gasteiger charge is -2.10. The fourth-order valence-electron chi connectivity index (χ4n) is 0.636. The molecular formula is C7H14I. The van der Waals surface area contributed by atoms with Gasteiger partial charge in [0.25, 0.3) is 0 Å². The Kier molecular flexibility index (Phi) is 5.01. The number of rotatable bonds is 3. The second kappa shape index (κ2) is 4.59. The Morgan fingerprint density at radius 3 is 2.25 bits per heavy atom. The van der Waals surface area contributed by atoms with Crippen LogP contribution in [0, 0.1) is 12.8 Å². The van der Waals surface area contributed by atoms with E-state index in [0.717, 1.165) is 5.92 Å². The summed E-state index contributed by atoms with van der Waals surface area (Å²) >= 11 is 2.38. The van der Waals surface area contributed by atoms with E-state index in [9.17, 15) is 0 Å². The van der Waals surface area contributed by atoms with E-state index in [1.165, 1.54) is 12.8 Å². The van der Waals surface area contributed by atoms with Crippen molar-refractivity contribution in [1.82, 2.24) is 0 Å². The monoisotopic (exact) mass is 225 g/mol. The van der Waals surface area contributed by atoms with Crippen LogP contribution >= 0.6 is 22.6 Å². The third-order valence-electron chi connectivity index (χ3n) is 1.36. The molecule has 49 valence electrons. The van der Waals surface area contributed by atoms with E-state index in [4.69, 9.17) is 0 Å². The lowest BCUT2D eigenvalue weighted by atomic mass is 10.0. The van der Waals surface area contributed by atoms with Gasteiger partial charge in [0.1, 0.15) is 0 Å². The quantitative estimate of drug-likeness (QED) is 0.511. The van der Waals surface area contributed by atoms with Gasteiger partial charge in [0.15, 0.2) is 0 Å². The third-order valence-corrected chi connectivity index (χ3v) is 2.59. The molecule has 1 radical (unpaired) electrons. The molecule has 1 heteroatoms. The molecule has 0 aromatic carbocycles. The Morgan fingerprint density at radius 1 is 1.62 bits per heavy atom. The van der Waals surface area contributed by atoms with Gasteiger partial charge in [-0.3, -0.25) is 0 Å². The van der Waals surface area contributed by atoms with Gasteiger partial charge in [-0.15, -0.1) is 0 Å². The van der Waals surface area contributed by atoms with Gasteiger partial charge in [0.2, 0.25) is 0 Å². The molecule has 0 saturated carbocycles. The maximum Gasteiger partial charge on any atom is 0.0136 e. The smallest absolute Gasteiger partial charge is 0.0136 e. The SMILES string of the molecule is [CH2]C(I)C(C)CCC. The van der Waals surface area contributed by atoms with Crippen LogP contribution in [0.1, 0.15) is 26.7 Å². The zero-order valence-electron chi connectivity index (χ0n) is 5.65. The summed E-state index contributed by atoms with van der Waals surface area (Å²) in [6.07, 6.45) is 2.60. The first kappa shape index (κ1) is 8.73. The first-order valence-corrected chi connectivity index (χ1v) is 4.40. The molecule has 0 fully saturated rings. The van der Waals surface area contributed by atoms with E-state index < -0.39 is 0 Å². The van der Waals surface area contributed by atoms with Crippen molar-refractivity contribution < 1.29 is 0 Å². The van der Waals surface area contributed by atoms with Crippen LogP contribution in [0.2, 0.25) is 0 Å². The van der Waals surface area contributed by atoms with Gasteiger partial charge in [0.05, 0.1) is 0 Å². The molecule has 0 aromatic rings. The number of alkyl halides is 1. The molecule has 0 heterocycles. The molecule has 2 atom stereocenters. The fraction of sp³-hybridized carbons (Fsp3) is 0.857. The predicted molar refractivity (Wildman–Crippen MR) is 47.2 cm³/mol. The Hall–Kier alpha value is 0.730. The summed E-state index contributed by atoms with van der Waals surface area (Å²) in [5.41, 5.74) is 0. The highest BCUT2D eigenvalue weighted by Crippen LogP contribution is 2.16. The van der Waals surface area contributed by atoms with Gasteiger partial charge in [-0.05, 0) is 19.3 Å². The Labute approximate surface area is 66.2 Å². The zero-order valence-corrected chi connectivity index (χ0v) is 7.81. The molecular weight excluding hydrogens is 211 g/mol. The molecule has 0 N–H and O–H groups in total. The van der Waals surface area contributed by atoms with Crippen LogP contribution in [-0.4, -0.2) is 3.92 Å². The number of halogens is 1. The van der Waals surface area contributed by atoms with E-state index >= 15 is 0 Å². The minimum absolute atomic E-state index is 0.590. The molecule has 0 aliphatic carbocycles. The van der Waals surface area contributed by atoms with E-state index in [-0.39, 0.29) is 0 Å². The van der Waals surface area contributed by atoms with Crippen LogP contribution in [0.3, 0.4) is 0 Å². The van der Waals surface area contributed by atoms with Gasteiger partial charge < -0.3 is 0 Å². The van der Waals surface area contributed by atoms with Gasteiger partial charge in [0, 0.05) is 3.92 Å². The zero-order chi connectivity index (χ0) is 6.57. The minimum atomic E-state index is 0.590. The third kappa shape index (κ3) is 3.70. The lowest BCUT2D eigenvalue weighted by molar-refractivity contribution is 0.551. The van der Waals surface area contributed by atoms with E-state index in [2.05, 4.69) is 43.4 Å². The van der Waals surface area contributed by atoms with Crippen molar-refractivity contribution in [1.29, 1.82) is 0 Å². The Morgan fingerprint density at radius 2 is 2.12 bits per heavy atom. The summed E-state index contributed by atoms with van der Waals surface area (Å²) in [6.45, 7) is 8.42. The van der Waals surface area contributed by atoms with Crippen molar-refractivity contribution in [3.8, 4) is 0 Å². The Balaban J connectivity index is 3.17. The molecule has 0 saturated heterocycles. The van der Waals surface area contributed by atoms with Crippen LogP contribution in [0.25, 0.3) is 0 Å². The summed E-state index contributed by atoms with van der Waals surface area (Å²) in [7, 11) is 0. The predicted octanol–water partition coefficient (Wildman–Crippen LogP) is 3.06. The largest absolute Gasteiger partial charge is 0.0823 e. The maximum absolute atomic E-state index is 3.94. The summed E-state index contributed by atoms with van der Waals surface area (Å²) in [5, 5.41) is 0. The molecule has 2 unspecified atom stereocenters. The van der Waals surface area contributed by atoms with Crippen molar-refractivity contribution in [2.45, 2.75) is 30.6 Å². The van der Waals surface area contributed by atoms with E-state index in [1.807, 2.05) is 0 Å². The number of hydrogen-bond acceptors (Lipinski definition) is 0. The molecule has 0 aromatic heterocycles. The summed E-state index contributed by atoms with van der Waals surface area (Å²) in [5.74, 6) is 0.792. The molecule has 0 aliphatic rings. The molecule has 0 spiro atoms. The standard InChI is InChI=1S/C7H14I/c1-4-5-6(2)7(3)8/h6-7H,3-5H2,1-2H3. The van der Waals surface area contributed by atoms with Crippen molar-refractivity contribution in [2.24, 2.45) is 5.92 Å². The molecule has 8 heavy (non-hydrogen) atoms. The molecule has 0 aliphatic heterocycles. The average molecular weight is 225 g/mol. The fourth-order valence-corrected chi connectivity index (χ4v) is 0.996. The van der Waals surface area contributed by atoms with Crippen LogP contribution in [0.15, 0.2) is 0 Å². The van der Waals surface area contributed by atoms with Crippen molar-refractivity contribution in [3.63, 3.8) is 0 Å². The second-order valence-electron chi connectivity index (χ2n) is 2.28. The highest BCUT2D eigenvalue weighted by molar-refractivity contribution is 14.1. The summed E-state index contributed by atoms with van der Waals surface area (Å²) < 4.78 is 0.590. The topological polar surface area (TPSA) is 0 Å². The number of hydrogen-bond donors (Lipinski definition) is 0. The summed E-state index contributed by atoms with van der Waals surface area (Å²) in [6, 6.07) is 0. The van der Waals surface area contributed by atoms with E-state index in [0.29, 0.717) is 3.92 Å². The maximum atomic E-state index is 3.94. The second-order valence-corrected chi connectivity index (χ2v) is 3.88. The van der Waals surface area contributed by atoms with Crippen molar-refractivity contribution in [2.75, 3.05) is 0 Å². The highest BCUT2D eigenvalue weighted by Gasteiger charge is 2.05. The van der Waals surface area contributed by atoms with Crippen LogP contribution in [0.4, 0.5) is 0 Å². The van der Waals surface area contributed by atoms with Gasteiger partial charge >= 0.3 is 0 Å². The van der Waals surface area contributed by atoms with Crippen LogP contribution in [0.5, 0.6) is 0 Å². The van der Waals surface area contributed by atoms with Gasteiger partial charge in [-0.1, -0.05) is 42.9 Å². The highest BCUT2D eigenvalue weighted by atomic mass is 127. The first-order valence-electron chi connectivity index (χ1n) is 3.15. The minimum Gasteiger partial charge on any atom is -0.0823 e. The molecule has 0 nitrogen and oxygen atoms in total. The van der Waals surface area contributed by atoms with Crippen molar-refractivity contribution >= 4 is 22.6 Å². The Bertz CT molecular complexity index is 50.3. The lowest BCUT2D eigenvalue weighted by Crippen LogP contribution is -2.05. The van der Waals surface area contributed by atoms with E-state index in [1.54, 1.807) is 0 Å². The molecule has 0 amide bonds. The average Bonchev–Trinajstić information content (AvgIpc) is 1.67. The van der Waals surface area contributed by atoms with Crippen LogP contribution in [-0.2, 0) is 0 Å². The van der Waals surface area contributed by atoms with Gasteiger partial charge in [-0.2, -0.15) is 0 Å². The first-order chi connectivity index (χ1) is 3.68.